The second-order valence-corrected chi connectivity index (χ2v) is 7.41. The zero-order valence-corrected chi connectivity index (χ0v) is 16.4. The van der Waals surface area contributed by atoms with Crippen molar-refractivity contribution in [3.05, 3.63) is 35.5 Å². The largest absolute Gasteiger partial charge is 0.497 e. The molecule has 1 aromatic carbocycles. The maximum Gasteiger partial charge on any atom is 0.235 e. The number of anilines is 2. The number of aromatic nitrogens is 2. The highest BCUT2D eigenvalue weighted by molar-refractivity contribution is 8.00. The molecule has 2 aromatic rings. The maximum atomic E-state index is 12.2. The average Bonchev–Trinajstić information content (AvgIpc) is 2.98. The minimum atomic E-state index is -0.143. The number of rotatable bonds is 7. The molecule has 1 aliphatic carbocycles. The third kappa shape index (κ3) is 5.03. The van der Waals surface area contributed by atoms with Crippen LogP contribution in [0, 0.1) is 0 Å². The Hall–Kier alpha value is -2.48. The average molecular weight is 388 g/mol. The Balaban J connectivity index is 1.44. The van der Waals surface area contributed by atoms with Gasteiger partial charge in [-0.05, 0) is 49.9 Å². The van der Waals surface area contributed by atoms with E-state index in [-0.39, 0.29) is 23.3 Å². The van der Waals surface area contributed by atoms with Crippen LogP contribution in [0.5, 0.6) is 5.75 Å². The van der Waals surface area contributed by atoms with Crippen LogP contribution in [0.25, 0.3) is 0 Å². The number of carbonyl (C=O) groups is 2. The molecule has 0 saturated carbocycles. The van der Waals surface area contributed by atoms with E-state index in [4.69, 9.17) is 4.74 Å². The van der Waals surface area contributed by atoms with Crippen LogP contribution in [0.4, 0.5) is 11.5 Å². The van der Waals surface area contributed by atoms with Gasteiger partial charge in [-0.1, -0.05) is 0 Å². The molecule has 3 rings (SSSR count). The number of hydrogen-bond donors (Lipinski definition) is 2. The van der Waals surface area contributed by atoms with E-state index in [1.165, 1.54) is 11.8 Å². The summed E-state index contributed by atoms with van der Waals surface area (Å²) in [6, 6.07) is 7.12. The molecule has 0 unspecified atom stereocenters. The summed E-state index contributed by atoms with van der Waals surface area (Å²) in [5, 5.41) is 10.2. The number of nitrogens with one attached hydrogen (secondary N) is 2. The minimum absolute atomic E-state index is 0.117. The van der Waals surface area contributed by atoms with Gasteiger partial charge in [0.25, 0.3) is 0 Å². The summed E-state index contributed by atoms with van der Waals surface area (Å²) < 4.78 is 6.83. The van der Waals surface area contributed by atoms with Gasteiger partial charge in [0.2, 0.25) is 11.8 Å². The number of hydrogen-bond acceptors (Lipinski definition) is 5. The van der Waals surface area contributed by atoms with E-state index in [0.29, 0.717) is 5.69 Å². The monoisotopic (exact) mass is 388 g/mol. The lowest BCUT2D eigenvalue weighted by molar-refractivity contribution is -0.114. The van der Waals surface area contributed by atoms with Crippen molar-refractivity contribution < 1.29 is 14.3 Å². The first-order valence-corrected chi connectivity index (χ1v) is 10.1. The highest BCUT2D eigenvalue weighted by Crippen LogP contribution is 2.27. The predicted molar refractivity (Wildman–Crippen MR) is 107 cm³/mol. The molecule has 0 aliphatic heterocycles. The smallest absolute Gasteiger partial charge is 0.235 e. The molecular formula is C19H24N4O3S. The molecule has 8 heteroatoms. The summed E-state index contributed by atoms with van der Waals surface area (Å²) in [6.45, 7) is 0. The molecule has 0 saturated heterocycles. The molecule has 1 aliphatic rings. The number of benzene rings is 1. The third-order valence-electron chi connectivity index (χ3n) is 4.42. The number of ether oxygens (including phenoxy) is 1. The summed E-state index contributed by atoms with van der Waals surface area (Å²) in [5.74, 6) is 1.69. The van der Waals surface area contributed by atoms with Gasteiger partial charge in [-0.2, -0.15) is 5.10 Å². The number of carbonyl (C=O) groups excluding carboxylic acids is 2. The molecule has 7 nitrogen and oxygen atoms in total. The fourth-order valence-corrected chi connectivity index (χ4v) is 3.73. The van der Waals surface area contributed by atoms with Gasteiger partial charge in [-0.15, -0.1) is 11.8 Å². The number of fused-ring (bicyclic) bond motifs is 1. The van der Waals surface area contributed by atoms with Gasteiger partial charge in [0.15, 0.2) is 0 Å². The molecule has 0 bridgehead atoms. The van der Waals surface area contributed by atoms with Crippen LogP contribution in [0.1, 0.15) is 24.1 Å². The van der Waals surface area contributed by atoms with Crippen molar-refractivity contribution in [3.63, 3.8) is 0 Å². The molecule has 1 aromatic heterocycles. The summed E-state index contributed by atoms with van der Waals surface area (Å²) in [4.78, 5) is 24.2. The van der Waals surface area contributed by atoms with Crippen LogP contribution in [0.2, 0.25) is 0 Å². The van der Waals surface area contributed by atoms with Crippen molar-refractivity contribution in [3.8, 4) is 5.75 Å². The van der Waals surface area contributed by atoms with Crippen molar-refractivity contribution in [2.75, 3.05) is 29.2 Å². The maximum absolute atomic E-state index is 12.2. The highest BCUT2D eigenvalue weighted by atomic mass is 32.2. The predicted octanol–water partition coefficient (Wildman–Crippen LogP) is 2.62. The zero-order chi connectivity index (χ0) is 19.2. The Kier molecular flexibility index (Phi) is 6.39. The standard InChI is InChI=1S/C19H24N4O3S/c1-23-19(15-5-3-4-6-16(15)22-23)21-18(25)12-27-11-17(24)20-13-7-9-14(26-2)10-8-13/h7-10H,3-6,11-12H2,1-2H3,(H,20,24)(H,21,25). The number of aryl methyl sites for hydroxylation is 2. The lowest BCUT2D eigenvalue weighted by Gasteiger charge is -2.12. The molecule has 0 spiro atoms. The first kappa shape index (κ1) is 19.3. The summed E-state index contributed by atoms with van der Waals surface area (Å²) in [6.07, 6.45) is 4.20. The van der Waals surface area contributed by atoms with Crippen LogP contribution in [0.3, 0.4) is 0 Å². The minimum Gasteiger partial charge on any atom is -0.497 e. The number of methoxy groups -OCH3 is 1. The molecule has 2 amide bonds. The second kappa shape index (κ2) is 8.94. The lowest BCUT2D eigenvalue weighted by atomic mass is 9.97. The fourth-order valence-electron chi connectivity index (χ4n) is 3.11. The van der Waals surface area contributed by atoms with Gasteiger partial charge >= 0.3 is 0 Å². The van der Waals surface area contributed by atoms with Crippen molar-refractivity contribution in [1.29, 1.82) is 0 Å². The molecular weight excluding hydrogens is 364 g/mol. The first-order valence-electron chi connectivity index (χ1n) is 8.93. The summed E-state index contributed by atoms with van der Waals surface area (Å²) in [5.41, 5.74) is 2.94. The van der Waals surface area contributed by atoms with E-state index in [9.17, 15) is 9.59 Å². The molecule has 27 heavy (non-hydrogen) atoms. The van der Waals surface area contributed by atoms with Gasteiger partial charge in [0, 0.05) is 18.3 Å². The molecule has 0 fully saturated rings. The highest BCUT2D eigenvalue weighted by Gasteiger charge is 2.20. The van der Waals surface area contributed by atoms with Gasteiger partial charge in [-0.3, -0.25) is 14.3 Å². The molecule has 144 valence electrons. The van der Waals surface area contributed by atoms with Crippen molar-refractivity contribution >= 4 is 35.1 Å². The van der Waals surface area contributed by atoms with E-state index in [1.807, 2.05) is 7.05 Å². The van der Waals surface area contributed by atoms with Gasteiger partial charge in [-0.25, -0.2) is 0 Å². The summed E-state index contributed by atoms with van der Waals surface area (Å²) in [7, 11) is 3.44. The Morgan fingerprint density at radius 3 is 2.48 bits per heavy atom. The SMILES string of the molecule is COc1ccc(NC(=O)CSCC(=O)Nc2c3c(nn2C)CCCC3)cc1. The fraction of sp³-hybridized carbons (Fsp3) is 0.421. The van der Waals surface area contributed by atoms with Gasteiger partial charge in [0.1, 0.15) is 11.6 Å². The number of amides is 2. The second-order valence-electron chi connectivity index (χ2n) is 6.42. The van der Waals surface area contributed by atoms with Crippen LogP contribution in [-0.2, 0) is 29.5 Å². The normalized spacial score (nSPS) is 13.0. The topological polar surface area (TPSA) is 85.2 Å². The Morgan fingerprint density at radius 2 is 1.78 bits per heavy atom. The zero-order valence-electron chi connectivity index (χ0n) is 15.6. The Bertz CT molecular complexity index is 817. The lowest BCUT2D eigenvalue weighted by Crippen LogP contribution is -2.20. The van der Waals surface area contributed by atoms with E-state index in [2.05, 4.69) is 15.7 Å². The molecule has 1 heterocycles. The van der Waals surface area contributed by atoms with E-state index in [0.717, 1.165) is 48.5 Å². The van der Waals surface area contributed by atoms with Crippen LogP contribution in [-0.4, -0.2) is 40.2 Å². The molecule has 0 radical (unpaired) electrons. The van der Waals surface area contributed by atoms with Crippen molar-refractivity contribution in [2.45, 2.75) is 25.7 Å². The molecule has 2 N–H and O–H groups in total. The quantitative estimate of drug-likeness (QED) is 0.762. The van der Waals surface area contributed by atoms with E-state index < -0.39 is 0 Å². The summed E-state index contributed by atoms with van der Waals surface area (Å²) >= 11 is 1.28. The number of thioether (sulfide) groups is 1. The van der Waals surface area contributed by atoms with Gasteiger partial charge < -0.3 is 15.4 Å². The van der Waals surface area contributed by atoms with Crippen LogP contribution >= 0.6 is 11.8 Å². The first-order chi connectivity index (χ1) is 13.1. The third-order valence-corrected chi connectivity index (χ3v) is 5.35. The Labute approximate surface area is 162 Å². The Morgan fingerprint density at radius 1 is 1.11 bits per heavy atom. The van der Waals surface area contributed by atoms with Crippen LogP contribution in [0.15, 0.2) is 24.3 Å². The molecule has 0 atom stereocenters. The van der Waals surface area contributed by atoms with Crippen molar-refractivity contribution in [1.82, 2.24) is 9.78 Å². The van der Waals surface area contributed by atoms with Crippen LogP contribution < -0.4 is 15.4 Å². The van der Waals surface area contributed by atoms with E-state index >= 15 is 0 Å². The van der Waals surface area contributed by atoms with E-state index in [1.54, 1.807) is 36.1 Å². The van der Waals surface area contributed by atoms with Crippen molar-refractivity contribution in [2.24, 2.45) is 7.05 Å². The number of nitrogens with zero attached hydrogens (tertiary/aromatic N) is 2. The van der Waals surface area contributed by atoms with Gasteiger partial charge in [0.05, 0.1) is 24.3 Å².